The zero-order valence-electron chi connectivity index (χ0n) is 6.93. The van der Waals surface area contributed by atoms with Gasteiger partial charge in [0, 0.05) is 11.4 Å². The van der Waals surface area contributed by atoms with Gasteiger partial charge >= 0.3 is 0 Å². The molecule has 0 aliphatic heterocycles. The van der Waals surface area contributed by atoms with Gasteiger partial charge in [-0.15, -0.1) is 0 Å². The number of rotatable bonds is 1. The summed E-state index contributed by atoms with van der Waals surface area (Å²) < 4.78 is 0.682. The molecule has 0 N–H and O–H groups in total. The van der Waals surface area contributed by atoms with Gasteiger partial charge in [-0.05, 0) is 34.8 Å². The average molecular weight is 215 g/mol. The van der Waals surface area contributed by atoms with E-state index in [1.54, 1.807) is 0 Å². The molecule has 1 rings (SSSR count). The van der Waals surface area contributed by atoms with Crippen molar-refractivity contribution >= 4 is 15.9 Å². The van der Waals surface area contributed by atoms with Crippen molar-refractivity contribution in [3.8, 4) is 0 Å². The molecule has 2 nitrogen and oxygen atoms in total. The van der Waals surface area contributed by atoms with E-state index in [0.29, 0.717) is 10.7 Å². The van der Waals surface area contributed by atoms with Gasteiger partial charge < -0.3 is 0 Å². The Morgan fingerprint density at radius 3 is 2.45 bits per heavy atom. The topological polar surface area (TPSA) is 25.8 Å². The number of hydrogen-bond acceptors (Lipinski definition) is 2. The third-order valence-corrected chi connectivity index (χ3v) is 1.79. The Morgan fingerprint density at radius 1 is 1.36 bits per heavy atom. The van der Waals surface area contributed by atoms with Crippen molar-refractivity contribution in [2.75, 3.05) is 0 Å². The van der Waals surface area contributed by atoms with Gasteiger partial charge in [0.1, 0.15) is 0 Å². The zero-order chi connectivity index (χ0) is 8.43. The van der Waals surface area contributed by atoms with E-state index in [1.165, 1.54) is 0 Å². The normalized spacial score (nSPS) is 10.6. The van der Waals surface area contributed by atoms with Gasteiger partial charge in [0.15, 0.2) is 4.73 Å². The predicted octanol–water partition coefficient (Wildman–Crippen LogP) is 2.67. The molecule has 0 spiro atoms. The van der Waals surface area contributed by atoms with E-state index >= 15 is 0 Å². The molecule has 0 atom stereocenters. The maximum atomic E-state index is 4.24. The van der Waals surface area contributed by atoms with Gasteiger partial charge in [0.2, 0.25) is 0 Å². The Balaban J connectivity index is 3.08. The van der Waals surface area contributed by atoms with Gasteiger partial charge in [-0.25, -0.2) is 9.97 Å². The molecule has 0 aliphatic carbocycles. The van der Waals surface area contributed by atoms with Crippen LogP contribution in [0.4, 0.5) is 0 Å². The summed E-state index contributed by atoms with van der Waals surface area (Å²) in [5, 5.41) is 0. The maximum absolute atomic E-state index is 4.24. The fourth-order valence-electron chi connectivity index (χ4n) is 0.851. The summed E-state index contributed by atoms with van der Waals surface area (Å²) in [6.45, 7) is 6.21. The first-order chi connectivity index (χ1) is 5.09. The van der Waals surface area contributed by atoms with Gasteiger partial charge in [0.05, 0.1) is 0 Å². The number of nitrogens with zero attached hydrogens (tertiary/aromatic N) is 2. The van der Waals surface area contributed by atoms with Crippen molar-refractivity contribution in [1.82, 2.24) is 9.97 Å². The molecule has 0 saturated carbocycles. The molecule has 1 aromatic rings. The lowest BCUT2D eigenvalue weighted by molar-refractivity contribution is 0.800. The molecule has 0 bridgehead atoms. The summed E-state index contributed by atoms with van der Waals surface area (Å²) >= 11 is 3.26. The summed E-state index contributed by atoms with van der Waals surface area (Å²) in [6, 6.07) is 2.01. The van der Waals surface area contributed by atoms with E-state index in [0.717, 1.165) is 11.4 Å². The molecule has 0 unspecified atom stereocenters. The Labute approximate surface area is 75.2 Å². The lowest BCUT2D eigenvalue weighted by Crippen LogP contribution is -1.96. The Bertz CT molecular complexity index is 238. The second-order valence-corrected chi connectivity index (χ2v) is 3.57. The summed E-state index contributed by atoms with van der Waals surface area (Å²) in [5.74, 6) is 0.466. The third kappa shape index (κ3) is 2.26. The molecule has 0 saturated heterocycles. The maximum Gasteiger partial charge on any atom is 0.197 e. The zero-order valence-corrected chi connectivity index (χ0v) is 8.51. The first-order valence-electron chi connectivity index (χ1n) is 3.60. The monoisotopic (exact) mass is 214 g/mol. The minimum absolute atomic E-state index is 0.466. The molecular weight excluding hydrogens is 204 g/mol. The summed E-state index contributed by atoms with van der Waals surface area (Å²) in [5.41, 5.74) is 2.10. The quantitative estimate of drug-likeness (QED) is 0.673. The summed E-state index contributed by atoms with van der Waals surface area (Å²) in [4.78, 5) is 8.36. The summed E-state index contributed by atoms with van der Waals surface area (Å²) in [6.07, 6.45) is 0. The lowest BCUT2D eigenvalue weighted by atomic mass is 10.1. The molecule has 0 radical (unpaired) electrons. The highest BCUT2D eigenvalue weighted by Gasteiger charge is 2.02. The van der Waals surface area contributed by atoms with Crippen LogP contribution in [0.15, 0.2) is 10.8 Å². The Hall–Kier alpha value is -0.440. The van der Waals surface area contributed by atoms with Gasteiger partial charge in [-0.2, -0.15) is 0 Å². The van der Waals surface area contributed by atoms with Crippen LogP contribution in [0.5, 0.6) is 0 Å². The molecule has 0 aromatic carbocycles. The second-order valence-electron chi connectivity index (χ2n) is 2.86. The SMILES string of the molecule is Cc1cc(C(C)C)nc(Br)n1. The minimum Gasteiger partial charge on any atom is -0.228 e. The van der Waals surface area contributed by atoms with E-state index in [1.807, 2.05) is 13.0 Å². The first kappa shape index (κ1) is 8.65. The third-order valence-electron chi connectivity index (χ3n) is 1.44. The Morgan fingerprint density at radius 2 is 2.00 bits per heavy atom. The van der Waals surface area contributed by atoms with Crippen LogP contribution >= 0.6 is 15.9 Å². The van der Waals surface area contributed by atoms with Gasteiger partial charge in [-0.1, -0.05) is 13.8 Å². The molecule has 3 heteroatoms. The molecule has 0 aliphatic rings. The lowest BCUT2D eigenvalue weighted by Gasteiger charge is -2.04. The standard InChI is InChI=1S/C8H11BrN2/c1-5(2)7-4-6(3)10-8(9)11-7/h4-5H,1-3H3. The summed E-state index contributed by atoms with van der Waals surface area (Å²) in [7, 11) is 0. The second kappa shape index (κ2) is 3.30. The highest BCUT2D eigenvalue weighted by Crippen LogP contribution is 2.14. The molecular formula is C8H11BrN2. The average Bonchev–Trinajstić information content (AvgIpc) is 1.85. The van der Waals surface area contributed by atoms with E-state index in [9.17, 15) is 0 Å². The van der Waals surface area contributed by atoms with Crippen molar-refractivity contribution in [2.45, 2.75) is 26.7 Å². The molecule has 1 heterocycles. The smallest absolute Gasteiger partial charge is 0.197 e. The minimum atomic E-state index is 0.466. The van der Waals surface area contributed by atoms with E-state index in [4.69, 9.17) is 0 Å². The Kier molecular flexibility index (Phi) is 2.60. The number of halogens is 1. The highest BCUT2D eigenvalue weighted by molar-refractivity contribution is 9.10. The fraction of sp³-hybridized carbons (Fsp3) is 0.500. The molecule has 11 heavy (non-hydrogen) atoms. The van der Waals surface area contributed by atoms with Crippen LogP contribution in [-0.2, 0) is 0 Å². The molecule has 1 aromatic heterocycles. The van der Waals surface area contributed by atoms with Crippen LogP contribution in [0.1, 0.15) is 31.2 Å². The van der Waals surface area contributed by atoms with E-state index in [2.05, 4.69) is 39.7 Å². The highest BCUT2D eigenvalue weighted by atomic mass is 79.9. The van der Waals surface area contributed by atoms with Crippen LogP contribution in [0, 0.1) is 6.92 Å². The first-order valence-corrected chi connectivity index (χ1v) is 4.40. The van der Waals surface area contributed by atoms with Crippen LogP contribution in [0.3, 0.4) is 0 Å². The van der Waals surface area contributed by atoms with E-state index < -0.39 is 0 Å². The molecule has 0 amide bonds. The largest absolute Gasteiger partial charge is 0.228 e. The van der Waals surface area contributed by atoms with Crippen molar-refractivity contribution in [2.24, 2.45) is 0 Å². The van der Waals surface area contributed by atoms with Gasteiger partial charge in [0.25, 0.3) is 0 Å². The number of aromatic nitrogens is 2. The van der Waals surface area contributed by atoms with Crippen molar-refractivity contribution in [1.29, 1.82) is 0 Å². The van der Waals surface area contributed by atoms with Crippen LogP contribution in [0.2, 0.25) is 0 Å². The van der Waals surface area contributed by atoms with Crippen LogP contribution in [-0.4, -0.2) is 9.97 Å². The van der Waals surface area contributed by atoms with Crippen LogP contribution < -0.4 is 0 Å². The molecule has 60 valence electrons. The fourth-order valence-corrected chi connectivity index (χ4v) is 1.34. The van der Waals surface area contributed by atoms with Crippen LogP contribution in [0.25, 0.3) is 0 Å². The van der Waals surface area contributed by atoms with Crippen molar-refractivity contribution in [3.63, 3.8) is 0 Å². The van der Waals surface area contributed by atoms with E-state index in [-0.39, 0.29) is 0 Å². The van der Waals surface area contributed by atoms with Crippen molar-refractivity contribution < 1.29 is 0 Å². The number of aryl methyl sites for hydroxylation is 1. The predicted molar refractivity (Wildman–Crippen MR) is 48.6 cm³/mol. The van der Waals surface area contributed by atoms with Crippen molar-refractivity contribution in [3.05, 3.63) is 22.2 Å². The number of hydrogen-bond donors (Lipinski definition) is 0. The molecule has 0 fully saturated rings. The van der Waals surface area contributed by atoms with Gasteiger partial charge in [-0.3, -0.25) is 0 Å².